The van der Waals surface area contributed by atoms with Crippen LogP contribution in [-0.2, 0) is 9.53 Å². The van der Waals surface area contributed by atoms with Gasteiger partial charge in [-0.25, -0.2) is 4.79 Å². The van der Waals surface area contributed by atoms with Crippen LogP contribution in [0.2, 0.25) is 0 Å². The van der Waals surface area contributed by atoms with Gasteiger partial charge in [-0.3, -0.25) is 20.6 Å². The number of rotatable bonds is 5. The van der Waals surface area contributed by atoms with Crippen LogP contribution in [0, 0.1) is 5.92 Å². The molecule has 0 spiro atoms. The van der Waals surface area contributed by atoms with E-state index < -0.39 is 11.7 Å². The Morgan fingerprint density at radius 3 is 2.62 bits per heavy atom. The molecule has 0 aromatic rings. The largest absolute Gasteiger partial charge is 0.444 e. The minimum absolute atomic E-state index is 0.111. The van der Waals surface area contributed by atoms with Crippen molar-refractivity contribution in [3.63, 3.8) is 0 Å². The maximum Gasteiger partial charge on any atom is 0.407 e. The maximum absolute atomic E-state index is 11.6. The SMILES string of the molecule is CC(C)[C@@H]1N=C(CCCNC(=O)OC(C)(C)C)NNC1=O. The topological polar surface area (TPSA) is 91.8 Å². The highest BCUT2D eigenvalue weighted by atomic mass is 16.6. The quantitative estimate of drug-likeness (QED) is 0.668. The summed E-state index contributed by atoms with van der Waals surface area (Å²) in [4.78, 5) is 27.4. The molecule has 1 rings (SSSR count). The van der Waals surface area contributed by atoms with Gasteiger partial charge in [0.15, 0.2) is 0 Å². The molecule has 0 saturated carbocycles. The fourth-order valence-corrected chi connectivity index (χ4v) is 1.81. The molecule has 0 saturated heterocycles. The summed E-state index contributed by atoms with van der Waals surface area (Å²) in [7, 11) is 0. The average Bonchev–Trinajstić information content (AvgIpc) is 2.34. The number of hydrogen-bond donors (Lipinski definition) is 3. The summed E-state index contributed by atoms with van der Waals surface area (Å²) in [5, 5.41) is 2.69. The monoisotopic (exact) mass is 298 g/mol. The molecule has 7 nitrogen and oxygen atoms in total. The molecule has 1 heterocycles. The number of ether oxygens (including phenoxy) is 1. The molecule has 1 aliphatic rings. The zero-order valence-electron chi connectivity index (χ0n) is 13.4. The molecule has 1 aliphatic heterocycles. The third-order valence-corrected chi connectivity index (χ3v) is 2.78. The van der Waals surface area contributed by atoms with E-state index in [9.17, 15) is 9.59 Å². The summed E-state index contributed by atoms with van der Waals surface area (Å²) in [6.45, 7) is 9.88. The fraction of sp³-hybridized carbons (Fsp3) is 0.786. The minimum atomic E-state index is -0.492. The standard InChI is InChI=1S/C14H26N4O3/c1-9(2)11-12(19)18-17-10(16-11)7-6-8-15-13(20)21-14(3,4)5/h9,11H,6-8H2,1-5H3,(H,15,20)(H,16,17)(H,18,19)/t11-/m0/s1. The number of hydrazine groups is 1. The maximum atomic E-state index is 11.6. The minimum Gasteiger partial charge on any atom is -0.444 e. The van der Waals surface area contributed by atoms with Crippen LogP contribution in [0.5, 0.6) is 0 Å². The Morgan fingerprint density at radius 1 is 1.38 bits per heavy atom. The number of amides is 2. The third-order valence-electron chi connectivity index (χ3n) is 2.78. The highest BCUT2D eigenvalue weighted by Gasteiger charge is 2.25. The van der Waals surface area contributed by atoms with Crippen molar-refractivity contribution in [3.05, 3.63) is 0 Å². The van der Waals surface area contributed by atoms with E-state index in [-0.39, 0.29) is 17.9 Å². The molecule has 3 N–H and O–H groups in total. The molecule has 2 amide bonds. The Labute approximate surface area is 125 Å². The van der Waals surface area contributed by atoms with Gasteiger partial charge in [-0.2, -0.15) is 0 Å². The van der Waals surface area contributed by atoms with Gasteiger partial charge < -0.3 is 10.1 Å². The number of nitrogens with zero attached hydrogens (tertiary/aromatic N) is 1. The summed E-state index contributed by atoms with van der Waals surface area (Å²) in [6.07, 6.45) is 0.944. The van der Waals surface area contributed by atoms with Crippen LogP contribution in [0.3, 0.4) is 0 Å². The van der Waals surface area contributed by atoms with Gasteiger partial charge in [-0.15, -0.1) is 0 Å². The summed E-state index contributed by atoms with van der Waals surface area (Å²) in [6, 6.07) is -0.347. The van der Waals surface area contributed by atoms with Crippen LogP contribution in [0.25, 0.3) is 0 Å². The molecular weight excluding hydrogens is 272 g/mol. The first-order valence-electron chi connectivity index (χ1n) is 7.28. The lowest BCUT2D eigenvalue weighted by atomic mass is 10.0. The molecule has 0 fully saturated rings. The average molecular weight is 298 g/mol. The highest BCUT2D eigenvalue weighted by molar-refractivity contribution is 5.93. The molecule has 120 valence electrons. The molecule has 21 heavy (non-hydrogen) atoms. The number of aliphatic imine (C=N–C) groups is 1. The molecule has 0 unspecified atom stereocenters. The number of amidine groups is 1. The van der Waals surface area contributed by atoms with Crippen molar-refractivity contribution >= 4 is 17.8 Å². The highest BCUT2D eigenvalue weighted by Crippen LogP contribution is 2.10. The van der Waals surface area contributed by atoms with E-state index in [4.69, 9.17) is 4.74 Å². The molecule has 0 bridgehead atoms. The van der Waals surface area contributed by atoms with Crippen molar-refractivity contribution in [2.24, 2.45) is 10.9 Å². The summed E-state index contributed by atoms with van der Waals surface area (Å²) < 4.78 is 5.14. The molecular formula is C14H26N4O3. The van der Waals surface area contributed by atoms with E-state index in [1.165, 1.54) is 0 Å². The molecule has 0 aliphatic carbocycles. The first kappa shape index (κ1) is 17.3. The van der Waals surface area contributed by atoms with E-state index in [0.717, 1.165) is 5.84 Å². The fourth-order valence-electron chi connectivity index (χ4n) is 1.81. The van der Waals surface area contributed by atoms with E-state index in [1.807, 2.05) is 34.6 Å². The number of alkyl carbamates (subject to hydrolysis) is 1. The predicted molar refractivity (Wildman–Crippen MR) is 80.8 cm³/mol. The van der Waals surface area contributed by atoms with Crippen LogP contribution in [0.1, 0.15) is 47.5 Å². The number of hydrogen-bond acceptors (Lipinski definition) is 5. The number of carbonyl (C=O) groups excluding carboxylic acids is 2. The molecule has 0 radical (unpaired) electrons. The van der Waals surface area contributed by atoms with E-state index >= 15 is 0 Å². The summed E-state index contributed by atoms with van der Waals surface area (Å²) in [5.41, 5.74) is 4.91. The van der Waals surface area contributed by atoms with Crippen LogP contribution in [-0.4, -0.2) is 36.0 Å². The van der Waals surface area contributed by atoms with Gasteiger partial charge in [0, 0.05) is 13.0 Å². The van der Waals surface area contributed by atoms with Gasteiger partial charge >= 0.3 is 6.09 Å². The predicted octanol–water partition coefficient (Wildman–Crippen LogP) is 1.35. The van der Waals surface area contributed by atoms with E-state index in [2.05, 4.69) is 21.2 Å². The lowest BCUT2D eigenvalue weighted by Crippen LogP contribution is -2.52. The summed E-state index contributed by atoms with van der Waals surface area (Å²) in [5.74, 6) is 0.780. The second kappa shape index (κ2) is 7.28. The Kier molecular flexibility index (Phi) is 5.99. The van der Waals surface area contributed by atoms with Crippen molar-refractivity contribution in [3.8, 4) is 0 Å². The normalized spacial score (nSPS) is 18.7. The Morgan fingerprint density at radius 2 is 2.05 bits per heavy atom. The van der Waals surface area contributed by atoms with Crippen molar-refractivity contribution < 1.29 is 14.3 Å². The summed E-state index contributed by atoms with van der Waals surface area (Å²) >= 11 is 0. The van der Waals surface area contributed by atoms with Crippen LogP contribution < -0.4 is 16.2 Å². The zero-order valence-corrected chi connectivity index (χ0v) is 13.4. The molecule has 1 atom stereocenters. The van der Waals surface area contributed by atoms with Gasteiger partial charge in [0.05, 0.1) is 0 Å². The Bertz CT molecular complexity index is 413. The van der Waals surface area contributed by atoms with E-state index in [0.29, 0.717) is 19.4 Å². The first-order chi connectivity index (χ1) is 9.69. The lowest BCUT2D eigenvalue weighted by Gasteiger charge is -2.24. The van der Waals surface area contributed by atoms with Crippen LogP contribution in [0.4, 0.5) is 4.79 Å². The van der Waals surface area contributed by atoms with Crippen molar-refractivity contribution in [1.29, 1.82) is 0 Å². The van der Waals surface area contributed by atoms with Gasteiger partial charge in [0.1, 0.15) is 17.5 Å². The van der Waals surface area contributed by atoms with Gasteiger partial charge in [0.25, 0.3) is 5.91 Å². The number of carbonyl (C=O) groups is 2. The van der Waals surface area contributed by atoms with Crippen molar-refractivity contribution in [1.82, 2.24) is 16.2 Å². The number of nitrogens with one attached hydrogen (secondary N) is 3. The van der Waals surface area contributed by atoms with Gasteiger partial charge in [0.2, 0.25) is 0 Å². The van der Waals surface area contributed by atoms with Crippen molar-refractivity contribution in [2.45, 2.75) is 59.1 Å². The smallest absolute Gasteiger partial charge is 0.407 e. The van der Waals surface area contributed by atoms with Crippen LogP contribution in [0.15, 0.2) is 4.99 Å². The molecule has 7 heteroatoms. The third kappa shape index (κ3) is 6.46. The van der Waals surface area contributed by atoms with E-state index in [1.54, 1.807) is 0 Å². The molecule has 0 aromatic carbocycles. The Balaban J connectivity index is 2.31. The second-order valence-electron chi connectivity index (χ2n) is 6.41. The van der Waals surface area contributed by atoms with Crippen molar-refractivity contribution in [2.75, 3.05) is 6.54 Å². The lowest BCUT2D eigenvalue weighted by molar-refractivity contribution is -0.124. The zero-order chi connectivity index (χ0) is 16.0. The first-order valence-corrected chi connectivity index (χ1v) is 7.28. The van der Waals surface area contributed by atoms with Crippen LogP contribution >= 0.6 is 0 Å². The molecule has 0 aromatic heterocycles. The van der Waals surface area contributed by atoms with Gasteiger partial charge in [-0.1, -0.05) is 13.8 Å². The van der Waals surface area contributed by atoms with Gasteiger partial charge in [-0.05, 0) is 33.1 Å². The second-order valence-corrected chi connectivity index (χ2v) is 6.41. The Hall–Kier alpha value is -1.79.